The monoisotopic (exact) mass is 1280 g/mol. The lowest BCUT2D eigenvalue weighted by Gasteiger charge is -2.20. The Hall–Kier alpha value is -1.66. The molecule has 0 aliphatic rings. The summed E-state index contributed by atoms with van der Waals surface area (Å²) in [7, 11) is 0. The van der Waals surface area contributed by atoms with Crippen LogP contribution in [0, 0.1) is 0 Å². The normalized spacial score (nSPS) is 12.5. The average molecular weight is 1280 g/mol. The van der Waals surface area contributed by atoms with Gasteiger partial charge in [0.1, 0.15) is 0 Å². The van der Waals surface area contributed by atoms with Gasteiger partial charge in [-0.2, -0.15) is 0 Å². The number of carbonyl (C=O) groups excluding carboxylic acids is 2. The lowest BCUT2D eigenvalue weighted by Crippen LogP contribution is -2.45. The Bertz CT molecular complexity index is 1430. The van der Waals surface area contributed by atoms with Crippen molar-refractivity contribution in [3.8, 4) is 0 Å². The van der Waals surface area contributed by atoms with E-state index in [1.54, 1.807) is 6.08 Å². The third kappa shape index (κ3) is 77.2. The van der Waals surface area contributed by atoms with Crippen LogP contribution in [0.5, 0.6) is 0 Å². The molecule has 0 fully saturated rings. The van der Waals surface area contributed by atoms with Gasteiger partial charge in [-0.1, -0.05) is 436 Å². The zero-order valence-electron chi connectivity index (χ0n) is 62.1. The summed E-state index contributed by atoms with van der Waals surface area (Å²) in [4.78, 5) is 24.7. The Morgan fingerprint density at radius 1 is 0.297 bits per heavy atom. The predicted molar refractivity (Wildman–Crippen MR) is 403 cm³/mol. The number of allylic oxidation sites excluding steroid dienone is 3. The van der Waals surface area contributed by atoms with Crippen molar-refractivity contribution in [2.75, 3.05) is 13.2 Å². The minimum atomic E-state index is -0.843. The predicted octanol–water partition coefficient (Wildman–Crippen LogP) is 28.0. The van der Waals surface area contributed by atoms with Crippen LogP contribution in [0.15, 0.2) is 24.3 Å². The fourth-order valence-corrected chi connectivity index (χ4v) is 13.6. The van der Waals surface area contributed by atoms with Crippen LogP contribution in [-0.2, 0) is 14.3 Å². The van der Waals surface area contributed by atoms with Gasteiger partial charge in [-0.25, -0.2) is 0 Å². The molecule has 0 aromatic carbocycles. The highest BCUT2D eigenvalue weighted by Gasteiger charge is 2.18. The van der Waals surface area contributed by atoms with Crippen LogP contribution in [0.1, 0.15) is 483 Å². The molecule has 0 rings (SSSR count). The van der Waals surface area contributed by atoms with Crippen LogP contribution >= 0.6 is 0 Å². The standard InChI is InChI=1S/C85H165NO5/c1-3-5-7-9-11-13-15-17-19-21-22-23-24-33-36-39-42-46-49-53-57-61-65-69-73-77-83(88)82(81-87)86-84(89)78-74-70-66-62-58-54-50-47-43-40-37-34-31-29-27-25-26-28-30-32-35-38-41-44-48-52-56-60-64-68-72-76-80-91-85(90)79-75-71-67-63-59-55-51-45-20-18-16-14-12-10-8-6-4-2/h18,20,73,77,82-83,87-88H,3-17,19,21-72,74-76,78-81H2,1-2H3,(H,86,89)/b20-18-,77-73+. The minimum Gasteiger partial charge on any atom is -0.466 e. The molecule has 0 aromatic heterocycles. The molecule has 1 amide bonds. The van der Waals surface area contributed by atoms with E-state index in [1.165, 1.54) is 411 Å². The summed E-state index contributed by atoms with van der Waals surface area (Å²) in [6.45, 7) is 4.96. The second kappa shape index (κ2) is 80.8. The Morgan fingerprint density at radius 3 is 0.780 bits per heavy atom. The van der Waals surface area contributed by atoms with E-state index in [9.17, 15) is 19.8 Å². The zero-order chi connectivity index (χ0) is 65.6. The molecule has 0 spiro atoms. The van der Waals surface area contributed by atoms with Crippen molar-refractivity contribution in [1.82, 2.24) is 5.32 Å². The number of unbranched alkanes of at least 4 members (excludes halogenated alkanes) is 67. The molecule has 3 N–H and O–H groups in total. The lowest BCUT2D eigenvalue weighted by atomic mass is 10.0. The molecule has 0 saturated heterocycles. The number of hydrogen-bond donors (Lipinski definition) is 3. The summed E-state index contributed by atoms with van der Waals surface area (Å²) in [5.74, 6) is -0.0388. The van der Waals surface area contributed by atoms with E-state index in [4.69, 9.17) is 4.74 Å². The Kier molecular flexibility index (Phi) is 79.3. The van der Waals surface area contributed by atoms with Crippen molar-refractivity contribution in [3.05, 3.63) is 24.3 Å². The number of amides is 1. The summed E-state index contributed by atoms with van der Waals surface area (Å²) in [5.41, 5.74) is 0. The average Bonchev–Trinajstić information content (AvgIpc) is 3.66. The molecular weight excluding hydrogens is 1110 g/mol. The summed E-state index contributed by atoms with van der Waals surface area (Å²) < 4.78 is 5.51. The van der Waals surface area contributed by atoms with E-state index in [1.807, 2.05) is 6.08 Å². The molecule has 2 atom stereocenters. The van der Waals surface area contributed by atoms with Crippen LogP contribution in [0.3, 0.4) is 0 Å². The fraction of sp³-hybridized carbons (Fsp3) is 0.929. The molecule has 0 heterocycles. The maximum absolute atomic E-state index is 12.6. The first kappa shape index (κ1) is 89.3. The minimum absolute atomic E-state index is 0.0188. The summed E-state index contributed by atoms with van der Waals surface area (Å²) in [6.07, 6.45) is 105. The molecule has 0 aromatic rings. The SMILES string of the molecule is CCCCCCCC/C=C\CCCCCCCCCC(=O)OCCCCCCCCCCCCCCCCCCCCCCCCCCCCCCCCCCC(=O)NC(CO)C(O)/C=C/CCCCCCCCCCCCCCCCCCCCCCCCC. The van der Waals surface area contributed by atoms with Gasteiger partial charge < -0.3 is 20.3 Å². The van der Waals surface area contributed by atoms with E-state index in [2.05, 4.69) is 31.3 Å². The number of ether oxygens (including phenoxy) is 1. The van der Waals surface area contributed by atoms with Gasteiger partial charge in [-0.3, -0.25) is 9.59 Å². The highest BCUT2D eigenvalue weighted by atomic mass is 16.5. The number of aliphatic hydroxyl groups excluding tert-OH is 2. The van der Waals surface area contributed by atoms with Crippen molar-refractivity contribution in [1.29, 1.82) is 0 Å². The number of nitrogens with one attached hydrogen (secondary N) is 1. The van der Waals surface area contributed by atoms with E-state index in [0.717, 1.165) is 44.9 Å². The van der Waals surface area contributed by atoms with Crippen LogP contribution in [0.4, 0.5) is 0 Å². The topological polar surface area (TPSA) is 95.9 Å². The number of aliphatic hydroxyl groups is 2. The maximum Gasteiger partial charge on any atom is 0.305 e. The van der Waals surface area contributed by atoms with Crippen molar-refractivity contribution in [3.63, 3.8) is 0 Å². The van der Waals surface area contributed by atoms with Crippen LogP contribution in [0.2, 0.25) is 0 Å². The molecule has 0 aliphatic carbocycles. The number of esters is 1. The zero-order valence-corrected chi connectivity index (χ0v) is 62.1. The van der Waals surface area contributed by atoms with Crippen molar-refractivity contribution in [2.24, 2.45) is 0 Å². The Labute approximate surface area is 571 Å². The highest BCUT2D eigenvalue weighted by molar-refractivity contribution is 5.76. The molecule has 0 aliphatic heterocycles. The summed E-state index contributed by atoms with van der Waals surface area (Å²) in [5, 5.41) is 23.3. The highest BCUT2D eigenvalue weighted by Crippen LogP contribution is 2.21. The molecular formula is C85H165NO5. The summed E-state index contributed by atoms with van der Waals surface area (Å²) in [6, 6.07) is -0.626. The first-order valence-corrected chi connectivity index (χ1v) is 42.1. The van der Waals surface area contributed by atoms with Crippen LogP contribution in [-0.4, -0.2) is 47.4 Å². The number of rotatable bonds is 80. The van der Waals surface area contributed by atoms with Crippen molar-refractivity contribution < 1.29 is 24.5 Å². The number of carbonyl (C=O) groups is 2. The van der Waals surface area contributed by atoms with Crippen molar-refractivity contribution in [2.45, 2.75) is 495 Å². The van der Waals surface area contributed by atoms with Crippen molar-refractivity contribution >= 4 is 11.9 Å². The largest absolute Gasteiger partial charge is 0.466 e. The Balaban J connectivity index is 3.34. The molecule has 91 heavy (non-hydrogen) atoms. The van der Waals surface area contributed by atoms with Gasteiger partial charge in [0.05, 0.1) is 25.4 Å². The molecule has 540 valence electrons. The van der Waals surface area contributed by atoms with Gasteiger partial charge in [0.2, 0.25) is 5.91 Å². The van der Waals surface area contributed by atoms with Gasteiger partial charge in [0.25, 0.3) is 0 Å². The van der Waals surface area contributed by atoms with Gasteiger partial charge >= 0.3 is 5.97 Å². The molecule has 0 radical (unpaired) electrons. The Morgan fingerprint density at radius 2 is 0.516 bits per heavy atom. The van der Waals surface area contributed by atoms with Gasteiger partial charge in [-0.05, 0) is 57.8 Å². The molecule has 6 nitrogen and oxygen atoms in total. The summed E-state index contributed by atoms with van der Waals surface area (Å²) >= 11 is 0. The first-order chi connectivity index (χ1) is 45.0. The quantitative estimate of drug-likeness (QED) is 0.0320. The maximum atomic E-state index is 12.6. The second-order valence-corrected chi connectivity index (χ2v) is 29.2. The van der Waals surface area contributed by atoms with Gasteiger partial charge in [-0.15, -0.1) is 0 Å². The van der Waals surface area contributed by atoms with Crippen LogP contribution in [0.25, 0.3) is 0 Å². The van der Waals surface area contributed by atoms with Gasteiger partial charge in [0.15, 0.2) is 0 Å². The fourth-order valence-electron chi connectivity index (χ4n) is 13.6. The molecule has 6 heteroatoms. The third-order valence-corrected chi connectivity index (χ3v) is 20.0. The van der Waals surface area contributed by atoms with Crippen LogP contribution < -0.4 is 5.32 Å². The smallest absolute Gasteiger partial charge is 0.305 e. The van der Waals surface area contributed by atoms with E-state index >= 15 is 0 Å². The lowest BCUT2D eigenvalue weighted by molar-refractivity contribution is -0.143. The number of hydrogen-bond acceptors (Lipinski definition) is 5. The van der Waals surface area contributed by atoms with E-state index in [0.29, 0.717) is 19.4 Å². The van der Waals surface area contributed by atoms with E-state index < -0.39 is 12.1 Å². The third-order valence-electron chi connectivity index (χ3n) is 20.0. The molecule has 0 saturated carbocycles. The first-order valence-electron chi connectivity index (χ1n) is 42.1. The van der Waals surface area contributed by atoms with Gasteiger partial charge in [0, 0.05) is 12.8 Å². The second-order valence-electron chi connectivity index (χ2n) is 29.2. The van der Waals surface area contributed by atoms with E-state index in [-0.39, 0.29) is 18.5 Å². The molecule has 2 unspecified atom stereocenters. The molecule has 0 bridgehead atoms.